The Morgan fingerprint density at radius 3 is 2.41 bits per heavy atom. The third kappa shape index (κ3) is 10.1. The largest absolute Gasteiger partial charge is 0.495 e. The molecule has 3 aromatic carbocycles. The van der Waals surface area contributed by atoms with Crippen LogP contribution in [0.15, 0.2) is 54.6 Å². The van der Waals surface area contributed by atoms with Crippen molar-refractivity contribution in [3.05, 3.63) is 77.1 Å². The van der Waals surface area contributed by atoms with Crippen LogP contribution in [0.25, 0.3) is 11.0 Å². The first kappa shape index (κ1) is 40.7. The zero-order valence-corrected chi connectivity index (χ0v) is 33.9. The average Bonchev–Trinajstić information content (AvgIpc) is 3.61. The van der Waals surface area contributed by atoms with Gasteiger partial charge in [-0.05, 0) is 108 Å². The van der Waals surface area contributed by atoms with Crippen molar-refractivity contribution in [3.8, 4) is 11.5 Å². The number of unbranched alkanes of at least 4 members (excludes halogenated alkanes) is 2. The maximum Gasteiger partial charge on any atom is 0.258 e. The van der Waals surface area contributed by atoms with Crippen LogP contribution in [-0.2, 0) is 11.3 Å². The van der Waals surface area contributed by atoms with Crippen LogP contribution in [0, 0.1) is 6.92 Å². The molecular weight excluding hydrogens is 709 g/mol. The van der Waals surface area contributed by atoms with E-state index in [9.17, 15) is 14.4 Å². The van der Waals surface area contributed by atoms with E-state index in [1.54, 1.807) is 36.2 Å². The number of ether oxygens (including phenoxy) is 2. The first-order valence-electron chi connectivity index (χ1n) is 19.8. The van der Waals surface area contributed by atoms with E-state index in [2.05, 4.69) is 46.1 Å². The standard InChI is InChI=1S/C43H58N8O5/c1-30-14-17-36(38(27-30)56-26-9-7-8-13-40(52)51-24-22-48(4)23-25-51)49(5)43(54)31-15-16-34(37(28-31)55-6)45-42(53)33-11-10-12-35-41(33)46-39(44-35)29-50-20-18-32(19-21-50)47(2)3/h10-12,14-17,27-28,32H,7-9,13,18-26,29H2,1-6H3,(H,44,46)(H,45,53). The summed E-state index contributed by atoms with van der Waals surface area (Å²) < 4.78 is 11.9. The zero-order valence-electron chi connectivity index (χ0n) is 33.9. The predicted octanol–water partition coefficient (Wildman–Crippen LogP) is 5.65. The molecule has 2 saturated heterocycles. The summed E-state index contributed by atoms with van der Waals surface area (Å²) in [4.78, 5) is 58.8. The minimum atomic E-state index is -0.321. The number of methoxy groups -OCH3 is 1. The number of carbonyl (C=O) groups excluding carboxylic acids is 3. The van der Waals surface area contributed by atoms with E-state index in [1.807, 2.05) is 42.2 Å². The van der Waals surface area contributed by atoms with Gasteiger partial charge in [-0.1, -0.05) is 12.1 Å². The van der Waals surface area contributed by atoms with Gasteiger partial charge in [-0.25, -0.2) is 4.98 Å². The van der Waals surface area contributed by atoms with E-state index in [1.165, 1.54) is 7.11 Å². The van der Waals surface area contributed by atoms with Gasteiger partial charge < -0.3 is 39.4 Å². The number of imidazole rings is 1. The van der Waals surface area contributed by atoms with Gasteiger partial charge in [0.2, 0.25) is 5.91 Å². The van der Waals surface area contributed by atoms with Crippen LogP contribution in [0.2, 0.25) is 0 Å². The Morgan fingerprint density at radius 1 is 0.911 bits per heavy atom. The molecule has 1 aromatic heterocycles. The molecule has 0 unspecified atom stereocenters. The summed E-state index contributed by atoms with van der Waals surface area (Å²) in [6.45, 7) is 8.63. The number of H-pyrrole nitrogens is 1. The van der Waals surface area contributed by atoms with E-state index in [0.717, 1.165) is 88.3 Å². The highest BCUT2D eigenvalue weighted by molar-refractivity contribution is 6.12. The molecule has 0 radical (unpaired) electrons. The first-order chi connectivity index (χ1) is 27.0. The number of hydrogen-bond acceptors (Lipinski definition) is 9. The van der Waals surface area contributed by atoms with Gasteiger partial charge in [0, 0.05) is 64.3 Å². The van der Waals surface area contributed by atoms with Gasteiger partial charge in [-0.3, -0.25) is 19.3 Å². The lowest BCUT2D eigenvalue weighted by atomic mass is 10.0. The minimum Gasteiger partial charge on any atom is -0.495 e. The Labute approximate surface area is 330 Å². The van der Waals surface area contributed by atoms with Crippen LogP contribution >= 0.6 is 0 Å². The lowest BCUT2D eigenvalue weighted by molar-refractivity contribution is -0.132. The summed E-state index contributed by atoms with van der Waals surface area (Å²) in [5.74, 6) is 1.47. The van der Waals surface area contributed by atoms with Gasteiger partial charge >= 0.3 is 0 Å². The fourth-order valence-corrected chi connectivity index (χ4v) is 7.53. The van der Waals surface area contributed by atoms with Gasteiger partial charge in [0.1, 0.15) is 22.8 Å². The quantitative estimate of drug-likeness (QED) is 0.148. The third-order valence-electron chi connectivity index (χ3n) is 11.1. The van der Waals surface area contributed by atoms with Gasteiger partial charge in [-0.2, -0.15) is 0 Å². The molecule has 13 heteroatoms. The Bertz CT molecular complexity index is 1980. The van der Waals surface area contributed by atoms with E-state index >= 15 is 0 Å². The Kier molecular flexibility index (Phi) is 13.6. The lowest BCUT2D eigenvalue weighted by Crippen LogP contribution is -2.47. The Hall–Kier alpha value is -4.98. The average molecular weight is 767 g/mol. The molecule has 0 saturated carbocycles. The van der Waals surface area contributed by atoms with Crippen LogP contribution in [0.3, 0.4) is 0 Å². The molecule has 0 spiro atoms. The molecule has 6 rings (SSSR count). The van der Waals surface area contributed by atoms with E-state index in [4.69, 9.17) is 14.5 Å². The van der Waals surface area contributed by atoms with Crippen molar-refractivity contribution in [2.24, 2.45) is 0 Å². The van der Waals surface area contributed by atoms with Crippen molar-refractivity contribution in [1.29, 1.82) is 0 Å². The number of rotatable bonds is 15. The fraction of sp³-hybridized carbons (Fsp3) is 0.488. The molecule has 3 amide bonds. The SMILES string of the molecule is COc1cc(C(=O)N(C)c2ccc(C)cc2OCCCCCC(=O)N2CCN(C)CC2)ccc1NC(=O)c1cccc2[nH]c(CN3CCC(N(C)C)CC3)nc12. The number of aryl methyl sites for hydroxylation is 1. The number of benzene rings is 3. The van der Waals surface area contributed by atoms with Crippen LogP contribution in [0.1, 0.15) is 70.6 Å². The number of para-hydroxylation sites is 1. The summed E-state index contributed by atoms with van der Waals surface area (Å²) in [6, 6.07) is 16.9. The number of piperidine rings is 1. The second kappa shape index (κ2) is 18.8. The molecule has 2 aliphatic rings. The number of carbonyl (C=O) groups is 3. The van der Waals surface area contributed by atoms with Crippen molar-refractivity contribution in [2.75, 3.05) is 91.4 Å². The smallest absolute Gasteiger partial charge is 0.258 e. The highest BCUT2D eigenvalue weighted by Crippen LogP contribution is 2.32. The van der Waals surface area contributed by atoms with Crippen LogP contribution in [0.5, 0.6) is 11.5 Å². The van der Waals surface area contributed by atoms with Crippen LogP contribution in [0.4, 0.5) is 11.4 Å². The molecule has 2 aliphatic heterocycles. The molecule has 3 heterocycles. The van der Waals surface area contributed by atoms with E-state index < -0.39 is 0 Å². The maximum atomic E-state index is 13.8. The summed E-state index contributed by atoms with van der Waals surface area (Å²) in [5.41, 5.74) is 4.37. The van der Waals surface area contributed by atoms with Crippen molar-refractivity contribution >= 4 is 40.1 Å². The molecule has 300 valence electrons. The molecule has 4 aromatic rings. The van der Waals surface area contributed by atoms with Gasteiger partial charge in [0.15, 0.2) is 0 Å². The summed E-state index contributed by atoms with van der Waals surface area (Å²) in [5, 5.41) is 2.98. The number of amides is 3. The number of likely N-dealkylation sites (N-methyl/N-ethyl adjacent to an activating group) is 1. The molecular formula is C43H58N8O5. The van der Waals surface area contributed by atoms with Gasteiger partial charge in [0.25, 0.3) is 11.8 Å². The molecule has 56 heavy (non-hydrogen) atoms. The number of likely N-dealkylation sites (tertiary alicyclic amines) is 1. The zero-order chi connectivity index (χ0) is 39.8. The number of nitrogens with one attached hydrogen (secondary N) is 2. The van der Waals surface area contributed by atoms with Gasteiger partial charge in [-0.15, -0.1) is 0 Å². The topological polar surface area (TPSA) is 127 Å². The maximum absolute atomic E-state index is 13.8. The van der Waals surface area contributed by atoms with E-state index in [0.29, 0.717) is 65.1 Å². The van der Waals surface area contributed by atoms with Crippen LogP contribution in [-0.4, -0.2) is 135 Å². The number of fused-ring (bicyclic) bond motifs is 1. The van der Waals surface area contributed by atoms with Crippen molar-refractivity contribution < 1.29 is 23.9 Å². The van der Waals surface area contributed by atoms with E-state index in [-0.39, 0.29) is 17.7 Å². The summed E-state index contributed by atoms with van der Waals surface area (Å²) in [6.07, 6.45) is 5.30. The summed E-state index contributed by atoms with van der Waals surface area (Å²) in [7, 11) is 9.59. The second-order valence-corrected chi connectivity index (χ2v) is 15.4. The lowest BCUT2D eigenvalue weighted by Gasteiger charge is -2.34. The molecule has 0 atom stereocenters. The Balaban J connectivity index is 1.05. The predicted molar refractivity (Wildman–Crippen MR) is 221 cm³/mol. The molecule has 13 nitrogen and oxygen atoms in total. The van der Waals surface area contributed by atoms with Crippen molar-refractivity contribution in [3.63, 3.8) is 0 Å². The number of anilines is 2. The fourth-order valence-electron chi connectivity index (χ4n) is 7.53. The molecule has 0 bridgehead atoms. The first-order valence-corrected chi connectivity index (χ1v) is 19.8. The van der Waals surface area contributed by atoms with Gasteiger partial charge in [0.05, 0.1) is 42.7 Å². The van der Waals surface area contributed by atoms with Crippen molar-refractivity contribution in [1.82, 2.24) is 29.6 Å². The highest BCUT2D eigenvalue weighted by atomic mass is 16.5. The number of aromatic amines is 1. The highest BCUT2D eigenvalue weighted by Gasteiger charge is 2.24. The third-order valence-corrected chi connectivity index (χ3v) is 11.1. The molecule has 2 fully saturated rings. The normalized spacial score (nSPS) is 15.7. The summed E-state index contributed by atoms with van der Waals surface area (Å²) >= 11 is 0. The second-order valence-electron chi connectivity index (χ2n) is 15.4. The number of aromatic nitrogens is 2. The molecule has 2 N–H and O–H groups in total. The number of hydrogen-bond donors (Lipinski definition) is 2. The van der Waals surface area contributed by atoms with Crippen LogP contribution < -0.4 is 19.7 Å². The minimum absolute atomic E-state index is 0.231. The Morgan fingerprint density at radius 2 is 1.68 bits per heavy atom. The number of piperazine rings is 1. The molecule has 0 aliphatic carbocycles. The number of nitrogens with zero attached hydrogens (tertiary/aromatic N) is 6. The van der Waals surface area contributed by atoms with Crippen molar-refractivity contribution in [2.45, 2.75) is 58.0 Å². The monoisotopic (exact) mass is 766 g/mol.